The monoisotopic (exact) mass is 263 g/mol. The fourth-order valence-corrected chi connectivity index (χ4v) is 3.54. The van der Waals surface area contributed by atoms with Crippen LogP contribution in [0.4, 0.5) is 0 Å². The average Bonchev–Trinajstić information content (AvgIpc) is 3.09. The number of aromatic nitrogens is 3. The van der Waals surface area contributed by atoms with Gasteiger partial charge in [-0.1, -0.05) is 18.6 Å². The van der Waals surface area contributed by atoms with E-state index in [9.17, 15) is 0 Å². The molecule has 1 aromatic heterocycles. The van der Waals surface area contributed by atoms with Gasteiger partial charge in [0, 0.05) is 32.4 Å². The maximum Gasteiger partial charge on any atom is 0.0964 e. The number of nitrogens with one attached hydrogen (secondary N) is 1. The first-order chi connectivity index (χ1) is 9.35. The minimum absolute atomic E-state index is 0.824. The maximum atomic E-state index is 4.20. The van der Waals surface area contributed by atoms with Crippen LogP contribution in [-0.2, 0) is 13.1 Å². The van der Waals surface area contributed by atoms with Crippen LogP contribution in [0, 0.1) is 11.8 Å². The van der Waals surface area contributed by atoms with Crippen LogP contribution in [0.25, 0.3) is 0 Å². The second-order valence-electron chi connectivity index (χ2n) is 5.96. The minimum atomic E-state index is 0.824. The van der Waals surface area contributed by atoms with E-state index in [0.717, 1.165) is 43.7 Å². The third-order valence-corrected chi connectivity index (χ3v) is 4.59. The highest BCUT2D eigenvalue weighted by molar-refractivity contribution is 4.92. The molecule has 2 fully saturated rings. The van der Waals surface area contributed by atoms with E-state index >= 15 is 0 Å². The van der Waals surface area contributed by atoms with Crippen molar-refractivity contribution >= 4 is 0 Å². The zero-order chi connectivity index (χ0) is 13.1. The molecule has 2 atom stereocenters. The Hall–Kier alpha value is -0.940. The second-order valence-corrected chi connectivity index (χ2v) is 5.96. The molecule has 1 aromatic rings. The molecule has 0 radical (unpaired) electrons. The van der Waals surface area contributed by atoms with Crippen LogP contribution in [-0.4, -0.2) is 46.1 Å². The van der Waals surface area contributed by atoms with Crippen molar-refractivity contribution in [2.24, 2.45) is 11.8 Å². The zero-order valence-electron chi connectivity index (χ0n) is 11.9. The molecule has 1 aliphatic carbocycles. The Bertz CT molecular complexity index is 390. The van der Waals surface area contributed by atoms with Crippen molar-refractivity contribution in [3.8, 4) is 0 Å². The summed E-state index contributed by atoms with van der Waals surface area (Å²) in [6, 6.07) is 0. The van der Waals surface area contributed by atoms with Gasteiger partial charge in [0.05, 0.1) is 12.2 Å². The Balaban J connectivity index is 1.43. The van der Waals surface area contributed by atoms with Gasteiger partial charge in [0.2, 0.25) is 0 Å². The van der Waals surface area contributed by atoms with Crippen LogP contribution >= 0.6 is 0 Å². The van der Waals surface area contributed by atoms with Gasteiger partial charge in [0.1, 0.15) is 0 Å². The molecule has 2 aliphatic rings. The summed E-state index contributed by atoms with van der Waals surface area (Å²) in [5.74, 6) is 1.97. The molecule has 2 heterocycles. The number of likely N-dealkylation sites (tertiary alicyclic amines) is 1. The van der Waals surface area contributed by atoms with Gasteiger partial charge in [-0.05, 0) is 31.2 Å². The van der Waals surface area contributed by atoms with Crippen molar-refractivity contribution in [1.82, 2.24) is 25.2 Å². The van der Waals surface area contributed by atoms with E-state index in [-0.39, 0.29) is 0 Å². The van der Waals surface area contributed by atoms with Crippen LogP contribution in [0.3, 0.4) is 0 Å². The Morgan fingerprint density at radius 1 is 1.26 bits per heavy atom. The molecule has 3 rings (SSSR count). The highest BCUT2D eigenvalue weighted by Gasteiger charge is 2.35. The predicted molar refractivity (Wildman–Crippen MR) is 74.7 cm³/mol. The molecule has 1 saturated heterocycles. The normalized spacial score (nSPS) is 27.0. The lowest BCUT2D eigenvalue weighted by Gasteiger charge is -2.16. The van der Waals surface area contributed by atoms with E-state index in [2.05, 4.69) is 33.6 Å². The summed E-state index contributed by atoms with van der Waals surface area (Å²) < 4.78 is 1.99. The van der Waals surface area contributed by atoms with Gasteiger partial charge < -0.3 is 10.2 Å². The van der Waals surface area contributed by atoms with E-state index in [4.69, 9.17) is 0 Å². The van der Waals surface area contributed by atoms with Gasteiger partial charge in [0.15, 0.2) is 0 Å². The van der Waals surface area contributed by atoms with Crippen molar-refractivity contribution in [1.29, 1.82) is 0 Å². The smallest absolute Gasteiger partial charge is 0.0964 e. The zero-order valence-corrected chi connectivity index (χ0v) is 11.9. The van der Waals surface area contributed by atoms with Crippen molar-refractivity contribution < 1.29 is 0 Å². The summed E-state index contributed by atoms with van der Waals surface area (Å²) in [6.45, 7) is 8.62. The molecule has 106 valence electrons. The second kappa shape index (κ2) is 6.01. The van der Waals surface area contributed by atoms with Gasteiger partial charge >= 0.3 is 0 Å². The Morgan fingerprint density at radius 2 is 2.05 bits per heavy atom. The summed E-state index contributed by atoms with van der Waals surface area (Å²) in [7, 11) is 0. The summed E-state index contributed by atoms with van der Waals surface area (Å²) in [6.07, 6.45) is 6.44. The third kappa shape index (κ3) is 3.15. The van der Waals surface area contributed by atoms with Gasteiger partial charge in [-0.2, -0.15) is 0 Å². The standard InChI is InChI=1S/C14H25N5/c1-2-15-8-14-11-19(17-16-14)7-6-18-9-12-4-3-5-13(12)10-18/h11-13,15H,2-10H2,1H3. The van der Waals surface area contributed by atoms with Crippen molar-refractivity contribution in [3.05, 3.63) is 11.9 Å². The number of hydrogen-bond donors (Lipinski definition) is 1. The largest absolute Gasteiger partial charge is 0.311 e. The molecular formula is C14H25N5. The first-order valence-electron chi connectivity index (χ1n) is 7.67. The highest BCUT2D eigenvalue weighted by atomic mass is 15.4. The van der Waals surface area contributed by atoms with Gasteiger partial charge in [0.25, 0.3) is 0 Å². The van der Waals surface area contributed by atoms with Gasteiger partial charge in [-0.15, -0.1) is 5.10 Å². The summed E-state index contributed by atoms with van der Waals surface area (Å²) in [5, 5.41) is 11.7. The summed E-state index contributed by atoms with van der Waals surface area (Å²) >= 11 is 0. The quantitative estimate of drug-likeness (QED) is 0.835. The summed E-state index contributed by atoms with van der Waals surface area (Å²) in [5.41, 5.74) is 1.04. The molecule has 0 aromatic carbocycles. The lowest BCUT2D eigenvalue weighted by Crippen LogP contribution is -2.26. The van der Waals surface area contributed by atoms with E-state index in [1.165, 1.54) is 32.4 Å². The molecule has 1 saturated carbocycles. The minimum Gasteiger partial charge on any atom is -0.311 e. The highest BCUT2D eigenvalue weighted by Crippen LogP contribution is 2.37. The Morgan fingerprint density at radius 3 is 2.79 bits per heavy atom. The third-order valence-electron chi connectivity index (χ3n) is 4.59. The Kier molecular flexibility index (Phi) is 4.13. The van der Waals surface area contributed by atoms with Crippen LogP contribution in [0.1, 0.15) is 31.9 Å². The predicted octanol–water partition coefficient (Wildman–Crippen LogP) is 1.12. The number of hydrogen-bond acceptors (Lipinski definition) is 4. The van der Waals surface area contributed by atoms with Crippen molar-refractivity contribution in [3.63, 3.8) is 0 Å². The molecule has 0 spiro atoms. The van der Waals surface area contributed by atoms with Crippen molar-refractivity contribution in [2.45, 2.75) is 39.3 Å². The molecule has 0 amide bonds. The van der Waals surface area contributed by atoms with Gasteiger partial charge in [-0.3, -0.25) is 4.68 Å². The van der Waals surface area contributed by atoms with Crippen LogP contribution in [0.2, 0.25) is 0 Å². The van der Waals surface area contributed by atoms with E-state index < -0.39 is 0 Å². The molecular weight excluding hydrogens is 238 g/mol. The molecule has 0 bridgehead atoms. The average molecular weight is 263 g/mol. The molecule has 2 unspecified atom stereocenters. The van der Waals surface area contributed by atoms with Gasteiger partial charge in [-0.25, -0.2) is 0 Å². The van der Waals surface area contributed by atoms with Crippen LogP contribution in [0.15, 0.2) is 6.20 Å². The van der Waals surface area contributed by atoms with E-state index in [0.29, 0.717) is 0 Å². The lowest BCUT2D eigenvalue weighted by molar-refractivity contribution is 0.291. The molecule has 19 heavy (non-hydrogen) atoms. The van der Waals surface area contributed by atoms with Crippen LogP contribution in [0.5, 0.6) is 0 Å². The fourth-order valence-electron chi connectivity index (χ4n) is 3.54. The van der Waals surface area contributed by atoms with Crippen molar-refractivity contribution in [2.75, 3.05) is 26.2 Å². The molecule has 1 aliphatic heterocycles. The molecule has 1 N–H and O–H groups in total. The topological polar surface area (TPSA) is 46.0 Å². The SMILES string of the molecule is CCNCc1cn(CCN2CC3CCCC3C2)nn1. The Labute approximate surface area is 115 Å². The van der Waals surface area contributed by atoms with E-state index in [1.54, 1.807) is 0 Å². The molecule has 5 heteroatoms. The number of nitrogens with zero attached hydrogens (tertiary/aromatic N) is 4. The number of rotatable bonds is 6. The fraction of sp³-hybridized carbons (Fsp3) is 0.857. The van der Waals surface area contributed by atoms with E-state index in [1.807, 2.05) is 4.68 Å². The lowest BCUT2D eigenvalue weighted by atomic mass is 10.0. The molecule has 5 nitrogen and oxygen atoms in total. The first kappa shape index (κ1) is 13.1. The first-order valence-corrected chi connectivity index (χ1v) is 7.67. The number of fused-ring (bicyclic) bond motifs is 1. The van der Waals surface area contributed by atoms with Crippen LogP contribution < -0.4 is 5.32 Å². The maximum absolute atomic E-state index is 4.20. The summed E-state index contributed by atoms with van der Waals surface area (Å²) in [4.78, 5) is 2.61.